The second-order valence-electron chi connectivity index (χ2n) is 5.28. The normalized spacial score (nSPS) is 11.4. The fourth-order valence-corrected chi connectivity index (χ4v) is 2.47. The highest BCUT2D eigenvalue weighted by atomic mass is 19.4. The lowest BCUT2D eigenvalue weighted by molar-refractivity contribution is -0.137. The number of rotatable bonds is 3. The molecule has 0 unspecified atom stereocenters. The lowest BCUT2D eigenvalue weighted by atomic mass is 10.1. The molecular formula is C18H13F3N2O2. The summed E-state index contributed by atoms with van der Waals surface area (Å²) in [6, 6.07) is 9.99. The zero-order chi connectivity index (χ0) is 18.0. The molecule has 4 nitrogen and oxygen atoms in total. The second kappa shape index (κ2) is 6.43. The van der Waals surface area contributed by atoms with Gasteiger partial charge in [0.2, 0.25) is 0 Å². The van der Waals surface area contributed by atoms with E-state index in [1.54, 1.807) is 18.3 Å². The Morgan fingerprint density at radius 1 is 1.12 bits per heavy atom. The van der Waals surface area contributed by atoms with Crippen LogP contribution in [0.15, 0.2) is 54.9 Å². The predicted molar refractivity (Wildman–Crippen MR) is 87.7 cm³/mol. The molecule has 0 saturated heterocycles. The molecule has 0 radical (unpaired) electrons. The maximum Gasteiger partial charge on any atom is 0.416 e. The molecule has 0 spiro atoms. The Balaban J connectivity index is 2.00. The molecule has 1 aromatic heterocycles. The van der Waals surface area contributed by atoms with Gasteiger partial charge in [0.1, 0.15) is 5.75 Å². The van der Waals surface area contributed by atoms with Gasteiger partial charge >= 0.3 is 6.18 Å². The van der Waals surface area contributed by atoms with Crippen LogP contribution >= 0.6 is 0 Å². The average molecular weight is 346 g/mol. The maximum atomic E-state index is 12.9. The summed E-state index contributed by atoms with van der Waals surface area (Å²) in [5, 5.41) is 4.14. The molecule has 3 aromatic rings. The Labute approximate surface area is 141 Å². The van der Waals surface area contributed by atoms with Crippen LogP contribution in [-0.2, 0) is 6.18 Å². The zero-order valence-corrected chi connectivity index (χ0v) is 13.1. The Bertz CT molecular complexity index is 934. The van der Waals surface area contributed by atoms with E-state index in [1.165, 1.54) is 13.3 Å². The summed E-state index contributed by atoms with van der Waals surface area (Å²) >= 11 is 0. The third-order valence-corrected chi connectivity index (χ3v) is 3.69. The molecule has 2 aromatic carbocycles. The number of alkyl halides is 3. The number of nitrogens with zero attached hydrogens (tertiary/aromatic N) is 1. The smallest absolute Gasteiger partial charge is 0.416 e. The van der Waals surface area contributed by atoms with Crippen LogP contribution in [0.2, 0.25) is 0 Å². The molecule has 0 fully saturated rings. The van der Waals surface area contributed by atoms with E-state index in [9.17, 15) is 18.0 Å². The molecule has 0 aliphatic rings. The first kappa shape index (κ1) is 16.8. The summed E-state index contributed by atoms with van der Waals surface area (Å²) < 4.78 is 43.8. The van der Waals surface area contributed by atoms with Gasteiger partial charge in [-0.25, -0.2) is 0 Å². The number of hydrogen-bond donors (Lipinski definition) is 1. The average Bonchev–Trinajstić information content (AvgIpc) is 2.60. The van der Waals surface area contributed by atoms with Crippen molar-refractivity contribution in [2.45, 2.75) is 6.18 Å². The number of ether oxygens (including phenoxy) is 1. The molecule has 3 rings (SSSR count). The highest BCUT2D eigenvalue weighted by molar-refractivity contribution is 6.10. The van der Waals surface area contributed by atoms with Crippen molar-refractivity contribution < 1.29 is 22.7 Å². The maximum absolute atomic E-state index is 12.9. The summed E-state index contributed by atoms with van der Waals surface area (Å²) in [5.74, 6) is -0.653. The SMILES string of the molecule is COc1ccc(C(F)(F)F)cc1C(=O)Nc1cncc2ccccc12. The van der Waals surface area contributed by atoms with Crippen molar-refractivity contribution in [1.82, 2.24) is 4.98 Å². The van der Waals surface area contributed by atoms with Crippen molar-refractivity contribution >= 4 is 22.4 Å². The number of nitrogens with one attached hydrogen (secondary N) is 1. The van der Waals surface area contributed by atoms with Gasteiger partial charge in [-0.15, -0.1) is 0 Å². The van der Waals surface area contributed by atoms with Crippen molar-refractivity contribution in [3.8, 4) is 5.75 Å². The first-order valence-corrected chi connectivity index (χ1v) is 7.29. The first-order valence-electron chi connectivity index (χ1n) is 7.29. The lowest BCUT2D eigenvalue weighted by Gasteiger charge is -2.13. The number of methoxy groups -OCH3 is 1. The molecule has 25 heavy (non-hydrogen) atoms. The van der Waals surface area contributed by atoms with Crippen molar-refractivity contribution in [3.63, 3.8) is 0 Å². The minimum absolute atomic E-state index is 0.0543. The zero-order valence-electron chi connectivity index (χ0n) is 13.1. The van der Waals surface area contributed by atoms with Crippen molar-refractivity contribution in [3.05, 3.63) is 66.0 Å². The summed E-state index contributed by atoms with van der Waals surface area (Å²) in [5.41, 5.74) is -0.720. The molecule has 0 aliphatic heterocycles. The van der Waals surface area contributed by atoms with Crippen LogP contribution in [0, 0.1) is 0 Å². The van der Waals surface area contributed by atoms with Crippen LogP contribution in [-0.4, -0.2) is 18.0 Å². The molecule has 1 heterocycles. The van der Waals surface area contributed by atoms with Gasteiger partial charge in [0.05, 0.1) is 30.1 Å². The van der Waals surface area contributed by atoms with Gasteiger partial charge < -0.3 is 10.1 Å². The molecule has 0 saturated carbocycles. The fourth-order valence-electron chi connectivity index (χ4n) is 2.47. The van der Waals surface area contributed by atoms with Crippen molar-refractivity contribution in [2.24, 2.45) is 0 Å². The summed E-state index contributed by atoms with van der Waals surface area (Å²) in [4.78, 5) is 16.6. The minimum atomic E-state index is -4.55. The monoisotopic (exact) mass is 346 g/mol. The van der Waals surface area contributed by atoms with Gasteiger partial charge in [0.25, 0.3) is 5.91 Å². The fraction of sp³-hybridized carbons (Fsp3) is 0.111. The van der Waals surface area contributed by atoms with Gasteiger partial charge in [-0.1, -0.05) is 24.3 Å². The van der Waals surface area contributed by atoms with E-state index in [4.69, 9.17) is 4.74 Å². The summed E-state index contributed by atoms with van der Waals surface area (Å²) in [6.07, 6.45) is -1.47. The Morgan fingerprint density at radius 2 is 1.88 bits per heavy atom. The Hall–Kier alpha value is -3.09. The second-order valence-corrected chi connectivity index (χ2v) is 5.28. The molecule has 128 valence electrons. The largest absolute Gasteiger partial charge is 0.496 e. The number of amides is 1. The van der Waals surface area contributed by atoms with Crippen LogP contribution in [0.4, 0.5) is 18.9 Å². The van der Waals surface area contributed by atoms with E-state index in [1.807, 2.05) is 12.1 Å². The van der Waals surface area contributed by atoms with Crippen LogP contribution in [0.1, 0.15) is 15.9 Å². The number of carbonyl (C=O) groups excluding carboxylic acids is 1. The quantitative estimate of drug-likeness (QED) is 0.759. The van der Waals surface area contributed by atoms with E-state index >= 15 is 0 Å². The van der Waals surface area contributed by atoms with E-state index in [0.29, 0.717) is 5.69 Å². The van der Waals surface area contributed by atoms with E-state index in [0.717, 1.165) is 29.0 Å². The highest BCUT2D eigenvalue weighted by Gasteiger charge is 2.32. The molecule has 7 heteroatoms. The predicted octanol–water partition coefficient (Wildman–Crippen LogP) is 4.51. The number of benzene rings is 2. The van der Waals surface area contributed by atoms with Gasteiger partial charge in [-0.2, -0.15) is 13.2 Å². The molecule has 1 N–H and O–H groups in total. The summed E-state index contributed by atoms with van der Waals surface area (Å²) in [6.45, 7) is 0. The molecule has 0 aliphatic carbocycles. The van der Waals surface area contributed by atoms with Gasteiger partial charge in [-0.05, 0) is 18.2 Å². The van der Waals surface area contributed by atoms with Crippen molar-refractivity contribution in [1.29, 1.82) is 0 Å². The van der Waals surface area contributed by atoms with Gasteiger partial charge in [0.15, 0.2) is 0 Å². The number of hydrogen-bond acceptors (Lipinski definition) is 3. The third kappa shape index (κ3) is 3.40. The number of halogens is 3. The number of carbonyl (C=O) groups is 1. The molecule has 1 amide bonds. The van der Waals surface area contributed by atoms with Crippen LogP contribution in [0.5, 0.6) is 5.75 Å². The molecule has 0 atom stereocenters. The van der Waals surface area contributed by atoms with Crippen LogP contribution in [0.25, 0.3) is 10.8 Å². The van der Waals surface area contributed by atoms with Gasteiger partial charge in [0, 0.05) is 17.0 Å². The van der Waals surface area contributed by atoms with E-state index in [2.05, 4.69) is 10.3 Å². The lowest BCUT2D eigenvalue weighted by Crippen LogP contribution is -2.15. The van der Waals surface area contributed by atoms with E-state index in [-0.39, 0.29) is 11.3 Å². The van der Waals surface area contributed by atoms with Gasteiger partial charge in [-0.3, -0.25) is 9.78 Å². The highest BCUT2D eigenvalue weighted by Crippen LogP contribution is 2.33. The number of anilines is 1. The summed E-state index contributed by atoms with van der Waals surface area (Å²) in [7, 11) is 1.29. The number of fused-ring (bicyclic) bond motifs is 1. The van der Waals surface area contributed by atoms with E-state index < -0.39 is 17.6 Å². The van der Waals surface area contributed by atoms with Crippen LogP contribution in [0.3, 0.4) is 0 Å². The van der Waals surface area contributed by atoms with Crippen molar-refractivity contribution in [2.75, 3.05) is 12.4 Å². The molecular weight excluding hydrogens is 333 g/mol. The number of pyridine rings is 1. The third-order valence-electron chi connectivity index (χ3n) is 3.69. The number of aromatic nitrogens is 1. The topological polar surface area (TPSA) is 51.2 Å². The minimum Gasteiger partial charge on any atom is -0.496 e. The first-order chi connectivity index (χ1) is 11.9. The standard InChI is InChI=1S/C18H13F3N2O2/c1-25-16-7-6-12(18(19,20)21)8-14(16)17(24)23-15-10-22-9-11-4-2-3-5-13(11)15/h2-10H,1H3,(H,23,24). The Morgan fingerprint density at radius 3 is 2.60 bits per heavy atom. The molecule has 0 bridgehead atoms. The Kier molecular flexibility index (Phi) is 4.31. The van der Waals surface area contributed by atoms with Crippen LogP contribution < -0.4 is 10.1 Å².